The standard InChI is InChI=1S/C21H16ClN7OS/c22-15-7-5-13(6-8-15)12-1-3-14(4-2-12)19-16(9-23)20(30)27-21(17(19)10-24)31-11-18(28-25)29-26/h1-8H,11,25-26H2,(H,27,30)(H,28,29). The summed E-state index contributed by atoms with van der Waals surface area (Å²) in [7, 11) is 0. The van der Waals surface area contributed by atoms with Crippen molar-refractivity contribution in [1.82, 2.24) is 10.4 Å². The second-order valence-corrected chi connectivity index (χ2v) is 7.65. The molecule has 0 fully saturated rings. The third-order valence-corrected chi connectivity index (χ3v) is 5.70. The fourth-order valence-corrected chi connectivity index (χ4v) is 3.94. The molecule has 0 aliphatic carbocycles. The largest absolute Gasteiger partial charge is 0.322 e. The summed E-state index contributed by atoms with van der Waals surface area (Å²) < 4.78 is 0. The van der Waals surface area contributed by atoms with E-state index in [0.717, 1.165) is 22.9 Å². The minimum absolute atomic E-state index is 0.134. The molecule has 0 spiro atoms. The Labute approximate surface area is 187 Å². The number of nitrogens with two attached hydrogens (primary N) is 2. The number of thioether (sulfide) groups is 1. The van der Waals surface area contributed by atoms with Crippen LogP contribution in [0.1, 0.15) is 11.1 Å². The van der Waals surface area contributed by atoms with Crippen molar-refractivity contribution < 1.29 is 0 Å². The zero-order valence-electron chi connectivity index (χ0n) is 16.0. The Morgan fingerprint density at radius 1 is 1.03 bits per heavy atom. The van der Waals surface area contributed by atoms with Crippen LogP contribution in [0.2, 0.25) is 5.02 Å². The fraction of sp³-hybridized carbons (Fsp3) is 0.0476. The molecule has 0 amide bonds. The van der Waals surface area contributed by atoms with Crippen LogP contribution in [0.15, 0.2) is 63.5 Å². The molecule has 0 atom stereocenters. The number of benzene rings is 2. The van der Waals surface area contributed by atoms with Gasteiger partial charge in [0.15, 0.2) is 0 Å². The highest BCUT2D eigenvalue weighted by Crippen LogP contribution is 2.32. The number of rotatable bonds is 5. The lowest BCUT2D eigenvalue weighted by atomic mass is 9.95. The van der Waals surface area contributed by atoms with E-state index in [4.69, 9.17) is 23.3 Å². The van der Waals surface area contributed by atoms with E-state index in [1.165, 1.54) is 0 Å². The summed E-state index contributed by atoms with van der Waals surface area (Å²) in [5.74, 6) is 11.0. The average molecular weight is 450 g/mol. The molecule has 3 aromatic rings. The Hall–Kier alpha value is -3.76. The second kappa shape index (κ2) is 9.83. The molecule has 31 heavy (non-hydrogen) atoms. The van der Waals surface area contributed by atoms with Crippen LogP contribution in [0.3, 0.4) is 0 Å². The van der Waals surface area contributed by atoms with Gasteiger partial charge >= 0.3 is 0 Å². The van der Waals surface area contributed by atoms with Gasteiger partial charge in [0, 0.05) is 10.6 Å². The lowest BCUT2D eigenvalue weighted by Gasteiger charge is -2.12. The van der Waals surface area contributed by atoms with Crippen molar-refractivity contribution in [2.45, 2.75) is 5.03 Å². The van der Waals surface area contributed by atoms with Crippen molar-refractivity contribution in [3.8, 4) is 34.4 Å². The van der Waals surface area contributed by atoms with Gasteiger partial charge in [0.05, 0.1) is 16.3 Å². The molecule has 3 rings (SSSR count). The van der Waals surface area contributed by atoms with Gasteiger partial charge in [-0.05, 0) is 28.8 Å². The topological polar surface area (TPSA) is 157 Å². The molecule has 1 heterocycles. The van der Waals surface area contributed by atoms with Gasteiger partial charge in [0.25, 0.3) is 5.56 Å². The van der Waals surface area contributed by atoms with E-state index in [0.29, 0.717) is 15.6 Å². The Kier molecular flexibility index (Phi) is 6.96. The Morgan fingerprint density at radius 2 is 1.58 bits per heavy atom. The lowest BCUT2D eigenvalue weighted by molar-refractivity contribution is 0.995. The summed E-state index contributed by atoms with van der Waals surface area (Å²) in [6.07, 6.45) is 0. The number of nitrogens with zero attached hydrogens (tertiary/aromatic N) is 3. The number of hydrazone groups is 1. The molecule has 0 aliphatic rings. The predicted octanol–water partition coefficient (Wildman–Crippen LogP) is 2.93. The third-order valence-electron chi connectivity index (χ3n) is 4.43. The maximum atomic E-state index is 12.5. The summed E-state index contributed by atoms with van der Waals surface area (Å²) in [5.41, 5.74) is 4.51. The van der Waals surface area contributed by atoms with Crippen molar-refractivity contribution in [1.29, 1.82) is 10.5 Å². The maximum absolute atomic E-state index is 12.5. The predicted molar refractivity (Wildman–Crippen MR) is 122 cm³/mol. The van der Waals surface area contributed by atoms with Gasteiger partial charge in [-0.3, -0.25) is 4.79 Å². The molecule has 0 aliphatic heterocycles. The van der Waals surface area contributed by atoms with Crippen LogP contribution in [0.25, 0.3) is 22.3 Å². The number of hydrazine groups is 1. The van der Waals surface area contributed by atoms with Gasteiger partial charge in [0.2, 0.25) is 0 Å². The lowest BCUT2D eigenvalue weighted by Crippen LogP contribution is -2.33. The Bertz CT molecular complexity index is 1270. The number of aromatic amines is 1. The molecule has 0 bridgehead atoms. The normalized spacial score (nSPS) is 10.9. The number of halogens is 1. The third kappa shape index (κ3) is 4.71. The van der Waals surface area contributed by atoms with Crippen molar-refractivity contribution in [2.75, 3.05) is 5.75 Å². The Balaban J connectivity index is 2.09. The van der Waals surface area contributed by atoms with E-state index in [9.17, 15) is 15.3 Å². The van der Waals surface area contributed by atoms with E-state index in [1.807, 2.05) is 30.3 Å². The van der Waals surface area contributed by atoms with Crippen LogP contribution in [0, 0.1) is 22.7 Å². The summed E-state index contributed by atoms with van der Waals surface area (Å²) >= 11 is 7.06. The van der Waals surface area contributed by atoms with E-state index in [1.54, 1.807) is 24.3 Å². The number of nitriles is 2. The second-order valence-electron chi connectivity index (χ2n) is 6.22. The molecule has 8 nitrogen and oxygen atoms in total. The van der Waals surface area contributed by atoms with Crippen molar-refractivity contribution in [3.63, 3.8) is 0 Å². The van der Waals surface area contributed by atoms with Gasteiger partial charge in [0.1, 0.15) is 23.5 Å². The van der Waals surface area contributed by atoms with E-state index in [-0.39, 0.29) is 28.3 Å². The van der Waals surface area contributed by atoms with Gasteiger partial charge < -0.3 is 16.3 Å². The zero-order chi connectivity index (χ0) is 22.4. The quantitative estimate of drug-likeness (QED) is 0.153. The molecule has 0 radical (unpaired) electrons. The van der Waals surface area contributed by atoms with Crippen molar-refractivity contribution in [3.05, 3.63) is 75.0 Å². The number of hydrogen-bond acceptors (Lipinski definition) is 7. The molecule has 10 heteroatoms. The monoisotopic (exact) mass is 449 g/mol. The molecular formula is C21H16ClN7OS. The first-order valence-electron chi connectivity index (χ1n) is 8.85. The highest BCUT2D eigenvalue weighted by molar-refractivity contribution is 8.00. The minimum atomic E-state index is -0.590. The molecule has 0 unspecified atom stereocenters. The Morgan fingerprint density at radius 3 is 2.10 bits per heavy atom. The summed E-state index contributed by atoms with van der Waals surface area (Å²) in [6, 6.07) is 18.6. The summed E-state index contributed by atoms with van der Waals surface area (Å²) in [5, 5.41) is 23.8. The molecule has 154 valence electrons. The van der Waals surface area contributed by atoms with Gasteiger partial charge in [-0.1, -0.05) is 59.8 Å². The first kappa shape index (κ1) is 21.9. The molecule has 0 saturated carbocycles. The number of amidine groups is 1. The van der Waals surface area contributed by atoms with Gasteiger partial charge in [-0.25, -0.2) is 5.84 Å². The first-order valence-corrected chi connectivity index (χ1v) is 10.2. The van der Waals surface area contributed by atoms with Crippen LogP contribution in [0.4, 0.5) is 0 Å². The zero-order valence-corrected chi connectivity index (χ0v) is 17.6. The van der Waals surface area contributed by atoms with Gasteiger partial charge in [-0.15, -0.1) is 0 Å². The smallest absolute Gasteiger partial charge is 0.267 e. The van der Waals surface area contributed by atoms with Crippen molar-refractivity contribution >= 4 is 29.2 Å². The number of H-pyrrole nitrogens is 1. The van der Waals surface area contributed by atoms with E-state index in [2.05, 4.69) is 21.6 Å². The van der Waals surface area contributed by atoms with Crippen LogP contribution < -0.4 is 22.7 Å². The summed E-state index contributed by atoms with van der Waals surface area (Å²) in [6.45, 7) is 0. The average Bonchev–Trinajstić information content (AvgIpc) is 2.80. The van der Waals surface area contributed by atoms with Crippen LogP contribution >= 0.6 is 23.4 Å². The molecule has 2 aromatic carbocycles. The van der Waals surface area contributed by atoms with Crippen LogP contribution in [-0.4, -0.2) is 16.6 Å². The van der Waals surface area contributed by atoms with E-state index >= 15 is 0 Å². The van der Waals surface area contributed by atoms with Crippen LogP contribution in [-0.2, 0) is 0 Å². The van der Waals surface area contributed by atoms with Gasteiger partial charge in [-0.2, -0.15) is 15.6 Å². The number of pyridine rings is 1. The van der Waals surface area contributed by atoms with E-state index < -0.39 is 5.56 Å². The highest BCUT2D eigenvalue weighted by Gasteiger charge is 2.20. The summed E-state index contributed by atoms with van der Waals surface area (Å²) in [4.78, 5) is 15.1. The number of hydrogen-bond donors (Lipinski definition) is 4. The molecule has 1 aromatic heterocycles. The fourth-order valence-electron chi connectivity index (χ4n) is 2.92. The maximum Gasteiger partial charge on any atom is 0.267 e. The first-order chi connectivity index (χ1) is 15.0. The molecule has 0 saturated heterocycles. The highest BCUT2D eigenvalue weighted by atomic mass is 35.5. The van der Waals surface area contributed by atoms with Crippen LogP contribution in [0.5, 0.6) is 0 Å². The van der Waals surface area contributed by atoms with Crippen molar-refractivity contribution in [2.24, 2.45) is 16.8 Å². The molecule has 6 N–H and O–H groups in total. The SMILES string of the molecule is N#Cc1c(SC/C(=N/N)NN)[nH]c(=O)c(C#N)c1-c1ccc(-c2ccc(Cl)cc2)cc1. The molecular weight excluding hydrogens is 434 g/mol. The number of nitrogens with one attached hydrogen (secondary N) is 2. The minimum Gasteiger partial charge on any atom is -0.322 e. The number of aromatic nitrogens is 1.